The van der Waals surface area contributed by atoms with Crippen molar-refractivity contribution < 1.29 is 4.74 Å². The fourth-order valence-electron chi connectivity index (χ4n) is 6.57. The van der Waals surface area contributed by atoms with Crippen LogP contribution in [0.15, 0.2) is 72.8 Å². The van der Waals surface area contributed by atoms with E-state index in [0.29, 0.717) is 29.4 Å². The van der Waals surface area contributed by atoms with Crippen LogP contribution in [-0.4, -0.2) is 25.6 Å². The Morgan fingerprint density at radius 2 is 1.73 bits per heavy atom. The third kappa shape index (κ3) is 4.20. The largest absolute Gasteiger partial charge is 0.496 e. The van der Waals surface area contributed by atoms with Crippen molar-refractivity contribution in [1.82, 2.24) is 4.90 Å². The quantitative estimate of drug-likeness (QED) is 0.288. The zero-order valence-corrected chi connectivity index (χ0v) is 22.2. The smallest absolute Gasteiger partial charge is 0.126 e. The summed E-state index contributed by atoms with van der Waals surface area (Å²) >= 11 is 0. The molecule has 1 saturated carbocycles. The van der Waals surface area contributed by atoms with Crippen molar-refractivity contribution in [2.75, 3.05) is 20.7 Å². The number of nitriles is 1. The SMILES string of the molecule is COc1ccccc1-c1cc(C2CC2c2ccc3c(c2)C(C(C)C)N(C)CC3)cc2ccc(C#N)cc12. The first-order valence-corrected chi connectivity index (χ1v) is 13.4. The fraction of sp³-hybridized carbons (Fsp3) is 0.324. The van der Waals surface area contributed by atoms with Crippen LogP contribution in [0.5, 0.6) is 5.75 Å². The van der Waals surface area contributed by atoms with Crippen LogP contribution in [0.3, 0.4) is 0 Å². The van der Waals surface area contributed by atoms with E-state index in [1.807, 2.05) is 24.3 Å². The van der Waals surface area contributed by atoms with E-state index >= 15 is 0 Å². The van der Waals surface area contributed by atoms with Crippen LogP contribution in [0.4, 0.5) is 0 Å². The Labute approximate surface area is 220 Å². The van der Waals surface area contributed by atoms with Gasteiger partial charge in [-0.15, -0.1) is 0 Å². The van der Waals surface area contributed by atoms with Gasteiger partial charge in [-0.05, 0) is 94.4 Å². The highest BCUT2D eigenvalue weighted by Gasteiger charge is 2.41. The predicted octanol–water partition coefficient (Wildman–Crippen LogP) is 7.84. The topological polar surface area (TPSA) is 36.3 Å². The number of nitrogens with zero attached hydrogens (tertiary/aromatic N) is 2. The lowest BCUT2D eigenvalue weighted by molar-refractivity contribution is 0.181. The van der Waals surface area contributed by atoms with Crippen LogP contribution in [0.1, 0.15) is 66.0 Å². The molecule has 1 aliphatic carbocycles. The Morgan fingerprint density at radius 1 is 0.919 bits per heavy atom. The average molecular weight is 487 g/mol. The van der Waals surface area contributed by atoms with Gasteiger partial charge in [-0.2, -0.15) is 5.26 Å². The monoisotopic (exact) mass is 486 g/mol. The number of benzene rings is 4. The minimum atomic E-state index is 0.494. The van der Waals surface area contributed by atoms with Crippen molar-refractivity contribution in [2.45, 2.75) is 44.6 Å². The molecule has 0 bridgehead atoms. The Kier molecular flexibility index (Phi) is 6.01. The number of methoxy groups -OCH3 is 1. The van der Waals surface area contributed by atoms with Gasteiger partial charge in [0, 0.05) is 18.2 Å². The minimum Gasteiger partial charge on any atom is -0.496 e. The van der Waals surface area contributed by atoms with E-state index in [0.717, 1.165) is 35.2 Å². The molecule has 0 amide bonds. The Morgan fingerprint density at radius 3 is 2.51 bits per heavy atom. The normalized spacial score (nSPS) is 21.0. The summed E-state index contributed by atoms with van der Waals surface area (Å²) in [5.41, 5.74) is 8.79. The second kappa shape index (κ2) is 9.36. The average Bonchev–Trinajstić information content (AvgIpc) is 3.72. The third-order valence-corrected chi connectivity index (χ3v) is 8.48. The first-order valence-electron chi connectivity index (χ1n) is 13.4. The van der Waals surface area contributed by atoms with Crippen molar-refractivity contribution >= 4 is 10.8 Å². The molecule has 37 heavy (non-hydrogen) atoms. The van der Waals surface area contributed by atoms with Crippen LogP contribution in [0, 0.1) is 17.2 Å². The molecule has 4 aromatic carbocycles. The van der Waals surface area contributed by atoms with Gasteiger partial charge >= 0.3 is 0 Å². The molecule has 0 spiro atoms. The first-order chi connectivity index (χ1) is 18.0. The van der Waals surface area contributed by atoms with Crippen LogP contribution in [0.2, 0.25) is 0 Å². The zero-order chi connectivity index (χ0) is 25.7. The van der Waals surface area contributed by atoms with E-state index in [1.165, 1.54) is 34.1 Å². The third-order valence-electron chi connectivity index (χ3n) is 8.48. The molecule has 3 unspecified atom stereocenters. The molecule has 4 aromatic rings. The highest BCUT2D eigenvalue weighted by molar-refractivity contribution is 5.99. The van der Waals surface area contributed by atoms with Gasteiger partial charge in [0.1, 0.15) is 5.75 Å². The van der Waals surface area contributed by atoms with Gasteiger partial charge in [-0.1, -0.05) is 68.4 Å². The van der Waals surface area contributed by atoms with Gasteiger partial charge in [0.15, 0.2) is 0 Å². The van der Waals surface area contributed by atoms with E-state index in [4.69, 9.17) is 4.74 Å². The molecule has 0 N–H and O–H groups in total. The number of hydrogen-bond donors (Lipinski definition) is 0. The summed E-state index contributed by atoms with van der Waals surface area (Å²) in [6.45, 7) is 5.82. The second-order valence-electron chi connectivity index (χ2n) is 11.1. The summed E-state index contributed by atoms with van der Waals surface area (Å²) in [6.07, 6.45) is 2.31. The lowest BCUT2D eigenvalue weighted by atomic mass is 9.84. The lowest BCUT2D eigenvalue weighted by Crippen LogP contribution is -2.35. The maximum Gasteiger partial charge on any atom is 0.126 e. The van der Waals surface area contributed by atoms with Crippen molar-refractivity contribution in [1.29, 1.82) is 5.26 Å². The molecule has 1 fully saturated rings. The molecule has 2 aliphatic rings. The van der Waals surface area contributed by atoms with Crippen molar-refractivity contribution in [3.05, 3.63) is 101 Å². The zero-order valence-electron chi connectivity index (χ0n) is 22.2. The maximum atomic E-state index is 9.55. The van der Waals surface area contributed by atoms with Crippen LogP contribution >= 0.6 is 0 Å². The predicted molar refractivity (Wildman–Crippen MR) is 151 cm³/mol. The number of fused-ring (bicyclic) bond motifs is 2. The summed E-state index contributed by atoms with van der Waals surface area (Å²) in [5.74, 6) is 2.50. The van der Waals surface area contributed by atoms with E-state index in [2.05, 4.69) is 80.4 Å². The first kappa shape index (κ1) is 23.8. The number of rotatable bonds is 5. The van der Waals surface area contributed by atoms with Crippen molar-refractivity contribution in [2.24, 2.45) is 5.92 Å². The summed E-state index contributed by atoms with van der Waals surface area (Å²) in [6, 6.07) is 29.0. The van der Waals surface area contributed by atoms with Gasteiger partial charge < -0.3 is 4.74 Å². The second-order valence-corrected chi connectivity index (χ2v) is 11.1. The van der Waals surface area contributed by atoms with Crippen LogP contribution < -0.4 is 4.74 Å². The molecule has 3 heteroatoms. The Hall–Kier alpha value is -3.61. The summed E-state index contributed by atoms with van der Waals surface area (Å²) in [5, 5.41) is 11.8. The summed E-state index contributed by atoms with van der Waals surface area (Å²) < 4.78 is 5.73. The summed E-state index contributed by atoms with van der Waals surface area (Å²) in [4.78, 5) is 2.53. The number of para-hydroxylation sites is 1. The highest BCUT2D eigenvalue weighted by atomic mass is 16.5. The highest BCUT2D eigenvalue weighted by Crippen LogP contribution is 2.56. The Balaban J connectivity index is 1.41. The molecule has 6 rings (SSSR count). The molecule has 1 heterocycles. The molecule has 0 saturated heterocycles. The molecule has 0 aromatic heterocycles. The van der Waals surface area contributed by atoms with Gasteiger partial charge in [0.05, 0.1) is 18.7 Å². The standard InChI is InChI=1S/C34H34N2O/c1-21(2)34-31-17-25(12-11-23(31)13-14-36(34)3)29-19-30(29)26-16-24-10-9-22(20-35)15-28(24)32(18-26)27-7-5-6-8-33(27)37-4/h5-12,15-18,21,29-30,34H,13-14,19H2,1-4H3. The van der Waals surface area contributed by atoms with Crippen molar-refractivity contribution in [3.8, 4) is 22.9 Å². The fourth-order valence-corrected chi connectivity index (χ4v) is 6.57. The van der Waals surface area contributed by atoms with E-state index in [1.54, 1.807) is 7.11 Å². The molecular weight excluding hydrogens is 452 g/mol. The Bertz CT molecular complexity index is 1530. The number of ether oxygens (including phenoxy) is 1. The van der Waals surface area contributed by atoms with Gasteiger partial charge in [0.25, 0.3) is 0 Å². The van der Waals surface area contributed by atoms with Crippen LogP contribution in [0.25, 0.3) is 21.9 Å². The molecule has 186 valence electrons. The molecule has 0 radical (unpaired) electrons. The lowest BCUT2D eigenvalue weighted by Gasteiger charge is -2.37. The molecular formula is C34H34N2O. The van der Waals surface area contributed by atoms with Gasteiger partial charge in [-0.3, -0.25) is 4.90 Å². The van der Waals surface area contributed by atoms with Crippen molar-refractivity contribution in [3.63, 3.8) is 0 Å². The van der Waals surface area contributed by atoms with E-state index in [-0.39, 0.29) is 0 Å². The minimum absolute atomic E-state index is 0.494. The van der Waals surface area contributed by atoms with Crippen LogP contribution in [-0.2, 0) is 6.42 Å². The van der Waals surface area contributed by atoms with Gasteiger partial charge in [0.2, 0.25) is 0 Å². The molecule has 1 aliphatic heterocycles. The molecule has 3 atom stereocenters. The van der Waals surface area contributed by atoms with E-state index < -0.39 is 0 Å². The molecule has 3 nitrogen and oxygen atoms in total. The number of hydrogen-bond acceptors (Lipinski definition) is 3. The van der Waals surface area contributed by atoms with Gasteiger partial charge in [-0.25, -0.2) is 0 Å². The number of likely N-dealkylation sites (N-methyl/N-ethyl adjacent to an activating group) is 1. The van der Waals surface area contributed by atoms with E-state index in [9.17, 15) is 5.26 Å². The maximum absolute atomic E-state index is 9.55. The summed E-state index contributed by atoms with van der Waals surface area (Å²) in [7, 11) is 3.99.